The molecule has 0 aliphatic carbocycles. The predicted molar refractivity (Wildman–Crippen MR) is 111 cm³/mol. The maximum Gasteiger partial charge on any atom is 0.354 e. The number of nitrogens with zero attached hydrogens (tertiary/aromatic N) is 2. The van der Waals surface area contributed by atoms with Crippen molar-refractivity contribution < 1.29 is 22.7 Å². The Morgan fingerprint density at radius 3 is 2.66 bits per heavy atom. The highest BCUT2D eigenvalue weighted by atomic mass is 79.9. The molecular weight excluding hydrogens is 462 g/mol. The van der Waals surface area contributed by atoms with E-state index in [9.17, 15) is 18.0 Å². The van der Waals surface area contributed by atoms with Gasteiger partial charge >= 0.3 is 5.97 Å². The molecule has 1 aromatic heterocycles. The molecule has 0 spiro atoms. The summed E-state index contributed by atoms with van der Waals surface area (Å²) < 4.78 is 34.5. The Bertz CT molecular complexity index is 1060. The van der Waals surface area contributed by atoms with Crippen LogP contribution in [0.2, 0.25) is 0 Å². The zero-order valence-electron chi connectivity index (χ0n) is 16.3. The molecule has 2 aromatic rings. The van der Waals surface area contributed by atoms with Crippen molar-refractivity contribution in [3.05, 3.63) is 46.2 Å². The fourth-order valence-electron chi connectivity index (χ4n) is 3.36. The number of esters is 1. The number of nitrogens with one attached hydrogen (secondary N) is 1. The van der Waals surface area contributed by atoms with Crippen LogP contribution in [0.5, 0.6) is 0 Å². The van der Waals surface area contributed by atoms with Gasteiger partial charge < -0.3 is 14.6 Å². The number of benzene rings is 1. The van der Waals surface area contributed by atoms with E-state index in [2.05, 4.69) is 26.0 Å². The van der Waals surface area contributed by atoms with Gasteiger partial charge in [0, 0.05) is 29.9 Å². The van der Waals surface area contributed by atoms with Gasteiger partial charge in [-0.25, -0.2) is 13.2 Å². The molecule has 1 amide bonds. The second-order valence-electron chi connectivity index (χ2n) is 6.89. The molecule has 10 heteroatoms. The second-order valence-corrected chi connectivity index (χ2v) is 9.64. The summed E-state index contributed by atoms with van der Waals surface area (Å²) in [4.78, 5) is 24.6. The Labute approximate surface area is 178 Å². The quantitative estimate of drug-likeness (QED) is 0.659. The molecule has 1 atom stereocenters. The number of methoxy groups -OCH3 is 1. The van der Waals surface area contributed by atoms with E-state index in [0.29, 0.717) is 18.5 Å². The summed E-state index contributed by atoms with van der Waals surface area (Å²) in [7, 11) is -1.15. The van der Waals surface area contributed by atoms with E-state index in [4.69, 9.17) is 0 Å². The summed E-state index contributed by atoms with van der Waals surface area (Å²) in [6.45, 7) is 2.14. The molecule has 1 N–H and O–H groups in total. The summed E-state index contributed by atoms with van der Waals surface area (Å²) in [5, 5.41) is 2.80. The van der Waals surface area contributed by atoms with Crippen LogP contribution in [0.15, 0.2) is 39.8 Å². The molecule has 0 bridgehead atoms. The Morgan fingerprint density at radius 1 is 1.28 bits per heavy atom. The molecule has 0 unspecified atom stereocenters. The van der Waals surface area contributed by atoms with Crippen molar-refractivity contribution in [1.29, 1.82) is 0 Å². The first-order valence-electron chi connectivity index (χ1n) is 8.98. The number of ether oxygens (including phenoxy) is 1. The molecular formula is C19H22BrN3O5S. The molecule has 1 saturated heterocycles. The van der Waals surface area contributed by atoms with Crippen LogP contribution in [0.25, 0.3) is 0 Å². The van der Waals surface area contributed by atoms with E-state index in [-0.39, 0.29) is 23.0 Å². The lowest BCUT2D eigenvalue weighted by Crippen LogP contribution is -2.43. The van der Waals surface area contributed by atoms with E-state index < -0.39 is 22.0 Å². The number of sulfonamides is 1. The number of aryl methyl sites for hydroxylation is 2. The van der Waals surface area contributed by atoms with Crippen LogP contribution < -0.4 is 5.32 Å². The summed E-state index contributed by atoms with van der Waals surface area (Å²) in [6, 6.07) is 5.85. The monoisotopic (exact) mass is 483 g/mol. The largest absolute Gasteiger partial charge is 0.464 e. The average Bonchev–Trinajstić information content (AvgIpc) is 3.32. The van der Waals surface area contributed by atoms with Crippen LogP contribution in [-0.4, -0.2) is 48.9 Å². The van der Waals surface area contributed by atoms with E-state index in [1.165, 1.54) is 28.2 Å². The average molecular weight is 484 g/mol. The number of carbonyl (C=O) groups excluding carboxylic acids is 2. The molecule has 1 aromatic carbocycles. The second kappa shape index (κ2) is 8.29. The van der Waals surface area contributed by atoms with Crippen molar-refractivity contribution in [2.75, 3.05) is 19.0 Å². The Morgan fingerprint density at radius 2 is 2.00 bits per heavy atom. The highest BCUT2D eigenvalue weighted by molar-refractivity contribution is 9.10. The first-order valence-corrected chi connectivity index (χ1v) is 11.2. The third-order valence-corrected chi connectivity index (χ3v) is 7.68. The highest BCUT2D eigenvalue weighted by Crippen LogP contribution is 2.28. The summed E-state index contributed by atoms with van der Waals surface area (Å²) in [5.41, 5.74) is 1.68. The van der Waals surface area contributed by atoms with Gasteiger partial charge in [-0.2, -0.15) is 4.31 Å². The number of amides is 1. The molecule has 3 rings (SSSR count). The van der Waals surface area contributed by atoms with E-state index in [0.717, 1.165) is 10.0 Å². The molecule has 29 heavy (non-hydrogen) atoms. The number of carbonyl (C=O) groups is 2. The SMILES string of the molecule is COC(=O)c1cc(S(=O)(=O)N2CCC[C@H]2C(=O)Nc2ccc(Br)c(C)c2)cn1C. The lowest BCUT2D eigenvalue weighted by atomic mass is 10.2. The molecule has 156 valence electrons. The molecule has 0 radical (unpaired) electrons. The highest BCUT2D eigenvalue weighted by Gasteiger charge is 2.40. The van der Waals surface area contributed by atoms with E-state index >= 15 is 0 Å². The lowest BCUT2D eigenvalue weighted by molar-refractivity contribution is -0.119. The molecule has 1 fully saturated rings. The maximum atomic E-state index is 13.2. The minimum atomic E-state index is -3.95. The smallest absolute Gasteiger partial charge is 0.354 e. The molecule has 1 aliphatic rings. The van der Waals surface area contributed by atoms with Gasteiger partial charge in [0.25, 0.3) is 0 Å². The van der Waals surface area contributed by atoms with Gasteiger partial charge in [-0.3, -0.25) is 4.79 Å². The van der Waals surface area contributed by atoms with Crippen molar-refractivity contribution >= 4 is 43.5 Å². The number of rotatable bonds is 5. The number of hydrogen-bond acceptors (Lipinski definition) is 5. The van der Waals surface area contributed by atoms with Crippen molar-refractivity contribution in [2.45, 2.75) is 30.7 Å². The summed E-state index contributed by atoms with van der Waals surface area (Å²) in [5.74, 6) is -1.01. The van der Waals surface area contributed by atoms with Gasteiger partial charge in [0.15, 0.2) is 0 Å². The van der Waals surface area contributed by atoms with Crippen molar-refractivity contribution in [3.8, 4) is 0 Å². The van der Waals surface area contributed by atoms with Crippen LogP contribution in [-0.2, 0) is 26.6 Å². The standard InChI is InChI=1S/C19H22BrN3O5S/c1-12-9-13(6-7-15(12)20)21-18(24)16-5-4-8-23(16)29(26,27)14-10-17(19(25)28-3)22(2)11-14/h6-7,9-11,16H,4-5,8H2,1-3H3,(H,21,24)/t16-/m0/s1. The molecule has 0 saturated carbocycles. The Balaban J connectivity index is 1.84. The van der Waals surface area contributed by atoms with Crippen LogP contribution in [0.1, 0.15) is 28.9 Å². The molecule has 1 aliphatic heterocycles. The normalized spacial score (nSPS) is 17.3. The first kappa shape index (κ1) is 21.5. The maximum absolute atomic E-state index is 13.2. The Kier molecular flexibility index (Phi) is 6.16. The topological polar surface area (TPSA) is 97.7 Å². The van der Waals surface area contributed by atoms with Gasteiger partial charge in [0.2, 0.25) is 15.9 Å². The number of hydrogen-bond donors (Lipinski definition) is 1. The lowest BCUT2D eigenvalue weighted by Gasteiger charge is -2.23. The van der Waals surface area contributed by atoms with Crippen LogP contribution in [0, 0.1) is 6.92 Å². The first-order chi connectivity index (χ1) is 13.6. The minimum Gasteiger partial charge on any atom is -0.464 e. The van der Waals surface area contributed by atoms with Gasteiger partial charge in [-0.05, 0) is 49.6 Å². The van der Waals surface area contributed by atoms with Crippen molar-refractivity contribution in [3.63, 3.8) is 0 Å². The fraction of sp³-hybridized carbons (Fsp3) is 0.368. The van der Waals surface area contributed by atoms with Crippen LogP contribution in [0.3, 0.4) is 0 Å². The van der Waals surface area contributed by atoms with Crippen LogP contribution >= 0.6 is 15.9 Å². The zero-order chi connectivity index (χ0) is 21.3. The summed E-state index contributed by atoms with van der Waals surface area (Å²) >= 11 is 3.41. The van der Waals surface area contributed by atoms with Crippen molar-refractivity contribution in [2.24, 2.45) is 7.05 Å². The third kappa shape index (κ3) is 4.24. The fourth-order valence-corrected chi connectivity index (χ4v) is 5.33. The van der Waals surface area contributed by atoms with E-state index in [1.54, 1.807) is 13.1 Å². The van der Waals surface area contributed by atoms with Gasteiger partial charge in [0.05, 0.1) is 7.11 Å². The Hall–Kier alpha value is -2.17. The predicted octanol–water partition coefficient (Wildman–Crippen LogP) is 2.67. The molecule has 8 nitrogen and oxygen atoms in total. The summed E-state index contributed by atoms with van der Waals surface area (Å²) in [6.07, 6.45) is 2.36. The van der Waals surface area contributed by atoms with Gasteiger partial charge in [-0.1, -0.05) is 15.9 Å². The number of aromatic nitrogens is 1. The van der Waals surface area contributed by atoms with Crippen LogP contribution in [0.4, 0.5) is 5.69 Å². The number of halogens is 1. The zero-order valence-corrected chi connectivity index (χ0v) is 18.7. The minimum absolute atomic E-state index is 0.0420. The number of anilines is 1. The van der Waals surface area contributed by atoms with Crippen molar-refractivity contribution in [1.82, 2.24) is 8.87 Å². The molecule has 2 heterocycles. The van der Waals surface area contributed by atoms with Gasteiger partial charge in [0.1, 0.15) is 16.6 Å². The third-order valence-electron chi connectivity index (χ3n) is 4.91. The van der Waals surface area contributed by atoms with Gasteiger partial charge in [-0.15, -0.1) is 0 Å². The van der Waals surface area contributed by atoms with E-state index in [1.807, 2.05) is 19.1 Å².